The van der Waals surface area contributed by atoms with Gasteiger partial charge in [-0.2, -0.15) is 0 Å². The molecule has 1 aliphatic rings. The number of hydrogen-bond acceptors (Lipinski definition) is 4. The van der Waals surface area contributed by atoms with E-state index >= 15 is 0 Å². The summed E-state index contributed by atoms with van der Waals surface area (Å²) in [7, 11) is 1.85. The Hall–Kier alpha value is -0.910. The van der Waals surface area contributed by atoms with E-state index < -0.39 is 0 Å². The Bertz CT molecular complexity index is 377. The average Bonchev–Trinajstić information content (AvgIpc) is 2.76. The van der Waals surface area contributed by atoms with Crippen molar-refractivity contribution in [3.63, 3.8) is 0 Å². The van der Waals surface area contributed by atoms with Crippen molar-refractivity contribution < 1.29 is 4.79 Å². The van der Waals surface area contributed by atoms with Crippen LogP contribution in [0.5, 0.6) is 0 Å². The lowest BCUT2D eigenvalue weighted by Gasteiger charge is -2.38. The second-order valence-corrected chi connectivity index (χ2v) is 5.58. The SMILES string of the molecule is CC(N)C(c1cccs1)N1CCN(C)C(=O)C1. The molecule has 94 valence electrons. The van der Waals surface area contributed by atoms with E-state index in [1.54, 1.807) is 16.2 Å². The average molecular weight is 253 g/mol. The molecule has 2 rings (SSSR count). The standard InChI is InChI=1S/C12H19N3OS/c1-9(13)12(10-4-3-7-17-10)15-6-5-14(2)11(16)8-15/h3-4,7,9,12H,5-6,8,13H2,1-2H3. The Morgan fingerprint density at radius 1 is 1.47 bits per heavy atom. The van der Waals surface area contributed by atoms with Crippen molar-refractivity contribution in [3.05, 3.63) is 22.4 Å². The van der Waals surface area contributed by atoms with Crippen LogP contribution in [-0.2, 0) is 4.79 Å². The van der Waals surface area contributed by atoms with Gasteiger partial charge in [-0.05, 0) is 18.4 Å². The van der Waals surface area contributed by atoms with E-state index in [2.05, 4.69) is 16.3 Å². The molecule has 2 atom stereocenters. The first kappa shape index (κ1) is 12.5. The molecule has 17 heavy (non-hydrogen) atoms. The van der Waals surface area contributed by atoms with Gasteiger partial charge in [-0.3, -0.25) is 9.69 Å². The lowest BCUT2D eigenvalue weighted by Crippen LogP contribution is -2.52. The second kappa shape index (κ2) is 5.16. The Balaban J connectivity index is 2.15. The number of carbonyl (C=O) groups is 1. The number of carbonyl (C=O) groups excluding carboxylic acids is 1. The quantitative estimate of drug-likeness (QED) is 0.871. The minimum absolute atomic E-state index is 0.0323. The molecule has 0 bridgehead atoms. The van der Waals surface area contributed by atoms with Gasteiger partial charge in [-0.15, -0.1) is 11.3 Å². The summed E-state index contributed by atoms with van der Waals surface area (Å²) in [4.78, 5) is 17.0. The minimum Gasteiger partial charge on any atom is -0.343 e. The van der Waals surface area contributed by atoms with Gasteiger partial charge in [0.25, 0.3) is 0 Å². The number of thiophene rings is 1. The van der Waals surface area contributed by atoms with Crippen LogP contribution < -0.4 is 5.73 Å². The van der Waals surface area contributed by atoms with Gasteiger partial charge in [-0.25, -0.2) is 0 Å². The van der Waals surface area contributed by atoms with Gasteiger partial charge in [0, 0.05) is 31.1 Å². The van der Waals surface area contributed by atoms with E-state index in [1.165, 1.54) is 4.88 Å². The van der Waals surface area contributed by atoms with Crippen molar-refractivity contribution in [1.82, 2.24) is 9.80 Å². The summed E-state index contributed by atoms with van der Waals surface area (Å²) in [5, 5.41) is 2.06. The molecule has 5 heteroatoms. The maximum absolute atomic E-state index is 11.7. The summed E-state index contributed by atoms with van der Waals surface area (Å²) in [5.74, 6) is 0.179. The third-order valence-corrected chi connectivity index (χ3v) is 4.16. The molecule has 0 radical (unpaired) electrons. The van der Waals surface area contributed by atoms with Crippen LogP contribution in [0.3, 0.4) is 0 Å². The molecule has 1 aromatic heterocycles. The van der Waals surface area contributed by atoms with Crippen molar-refractivity contribution in [1.29, 1.82) is 0 Å². The van der Waals surface area contributed by atoms with E-state index in [0.717, 1.165) is 13.1 Å². The molecule has 2 heterocycles. The lowest BCUT2D eigenvalue weighted by molar-refractivity contribution is -0.135. The van der Waals surface area contributed by atoms with Gasteiger partial charge in [0.2, 0.25) is 5.91 Å². The topological polar surface area (TPSA) is 49.6 Å². The third kappa shape index (κ3) is 2.68. The molecule has 1 aliphatic heterocycles. The first-order valence-corrected chi connectivity index (χ1v) is 6.74. The monoisotopic (exact) mass is 253 g/mol. The second-order valence-electron chi connectivity index (χ2n) is 4.61. The van der Waals surface area contributed by atoms with Crippen LogP contribution in [-0.4, -0.2) is 48.4 Å². The summed E-state index contributed by atoms with van der Waals surface area (Å²) in [6, 6.07) is 4.33. The van der Waals surface area contributed by atoms with Gasteiger partial charge in [-0.1, -0.05) is 6.07 Å². The zero-order valence-electron chi connectivity index (χ0n) is 10.3. The summed E-state index contributed by atoms with van der Waals surface area (Å²) in [6.45, 7) is 4.16. The van der Waals surface area contributed by atoms with E-state index in [1.807, 2.05) is 20.0 Å². The number of hydrogen-bond donors (Lipinski definition) is 1. The van der Waals surface area contributed by atoms with Crippen molar-refractivity contribution in [2.24, 2.45) is 5.73 Å². The molecular weight excluding hydrogens is 234 g/mol. The largest absolute Gasteiger partial charge is 0.343 e. The summed E-state index contributed by atoms with van der Waals surface area (Å²) >= 11 is 1.71. The highest BCUT2D eigenvalue weighted by atomic mass is 32.1. The fraction of sp³-hybridized carbons (Fsp3) is 0.583. The van der Waals surface area contributed by atoms with Crippen molar-refractivity contribution in [3.8, 4) is 0 Å². The molecular formula is C12H19N3OS. The molecule has 1 saturated heterocycles. The summed E-state index contributed by atoms with van der Waals surface area (Å²) in [6.07, 6.45) is 0. The molecule has 2 unspecified atom stereocenters. The maximum Gasteiger partial charge on any atom is 0.236 e. The van der Waals surface area contributed by atoms with Crippen LogP contribution in [0.25, 0.3) is 0 Å². The molecule has 0 aliphatic carbocycles. The Morgan fingerprint density at radius 2 is 2.24 bits per heavy atom. The Kier molecular flexibility index (Phi) is 3.81. The zero-order chi connectivity index (χ0) is 12.4. The molecule has 0 spiro atoms. The summed E-state index contributed by atoms with van der Waals surface area (Å²) < 4.78 is 0. The Morgan fingerprint density at radius 3 is 2.76 bits per heavy atom. The van der Waals surface area contributed by atoms with Crippen LogP contribution in [0.2, 0.25) is 0 Å². The van der Waals surface area contributed by atoms with E-state index in [4.69, 9.17) is 5.73 Å². The first-order chi connectivity index (χ1) is 8.09. The van der Waals surface area contributed by atoms with Gasteiger partial charge in [0.05, 0.1) is 12.6 Å². The highest BCUT2D eigenvalue weighted by molar-refractivity contribution is 7.10. The normalized spacial score (nSPS) is 21.6. The summed E-state index contributed by atoms with van der Waals surface area (Å²) in [5.41, 5.74) is 6.08. The first-order valence-electron chi connectivity index (χ1n) is 5.86. The Labute approximate surface area is 106 Å². The molecule has 1 fully saturated rings. The van der Waals surface area contributed by atoms with Gasteiger partial charge in [0.15, 0.2) is 0 Å². The van der Waals surface area contributed by atoms with E-state index in [9.17, 15) is 4.79 Å². The highest BCUT2D eigenvalue weighted by Crippen LogP contribution is 2.28. The minimum atomic E-state index is 0.0323. The number of likely N-dealkylation sites (N-methyl/N-ethyl adjacent to an activating group) is 1. The number of nitrogens with two attached hydrogens (primary N) is 1. The zero-order valence-corrected chi connectivity index (χ0v) is 11.1. The number of rotatable bonds is 3. The smallest absolute Gasteiger partial charge is 0.236 e. The number of amides is 1. The van der Waals surface area contributed by atoms with Gasteiger partial charge in [0.1, 0.15) is 0 Å². The van der Waals surface area contributed by atoms with Crippen molar-refractivity contribution in [2.75, 3.05) is 26.7 Å². The number of piperazine rings is 1. The maximum atomic E-state index is 11.7. The third-order valence-electron chi connectivity index (χ3n) is 3.21. The number of nitrogens with zero attached hydrogens (tertiary/aromatic N) is 2. The van der Waals surface area contributed by atoms with Crippen LogP contribution in [0.1, 0.15) is 17.8 Å². The fourth-order valence-corrected chi connectivity index (χ4v) is 3.22. The van der Waals surface area contributed by atoms with E-state index in [-0.39, 0.29) is 18.0 Å². The fourth-order valence-electron chi connectivity index (χ4n) is 2.25. The molecule has 0 saturated carbocycles. The highest BCUT2D eigenvalue weighted by Gasteiger charge is 2.30. The van der Waals surface area contributed by atoms with Gasteiger partial charge < -0.3 is 10.6 Å². The van der Waals surface area contributed by atoms with Crippen molar-refractivity contribution in [2.45, 2.75) is 19.0 Å². The van der Waals surface area contributed by atoms with Gasteiger partial charge >= 0.3 is 0 Å². The van der Waals surface area contributed by atoms with Crippen LogP contribution in [0, 0.1) is 0 Å². The molecule has 2 N–H and O–H groups in total. The molecule has 0 aromatic carbocycles. The van der Waals surface area contributed by atoms with Crippen LogP contribution in [0.4, 0.5) is 0 Å². The lowest BCUT2D eigenvalue weighted by atomic mass is 10.1. The molecule has 1 amide bonds. The van der Waals surface area contributed by atoms with Crippen LogP contribution >= 0.6 is 11.3 Å². The predicted molar refractivity (Wildman–Crippen MR) is 69.9 cm³/mol. The van der Waals surface area contributed by atoms with E-state index in [0.29, 0.717) is 6.54 Å². The molecule has 1 aromatic rings. The van der Waals surface area contributed by atoms with Crippen LogP contribution in [0.15, 0.2) is 17.5 Å². The predicted octanol–water partition coefficient (Wildman–Crippen LogP) is 0.910. The van der Waals surface area contributed by atoms with Crippen molar-refractivity contribution >= 4 is 17.2 Å². The molecule has 4 nitrogen and oxygen atoms in total.